The van der Waals surface area contributed by atoms with E-state index in [-0.39, 0.29) is 70.5 Å². The molecule has 484 valence electrons. The van der Waals surface area contributed by atoms with E-state index in [0.29, 0.717) is 45.1 Å². The van der Waals surface area contributed by atoms with Crippen molar-refractivity contribution in [2.45, 2.75) is 210 Å². The Balaban J connectivity index is 6.79. The molecule has 0 saturated heterocycles. The fraction of sp³-hybridized carbons (Fsp3) is 0.731. The van der Waals surface area contributed by atoms with Gasteiger partial charge in [0.2, 0.25) is 53.2 Å². The molecule has 0 aromatic carbocycles. The van der Waals surface area contributed by atoms with Crippen LogP contribution in [0.2, 0.25) is 0 Å². The van der Waals surface area contributed by atoms with E-state index in [9.17, 15) is 87.5 Å². The van der Waals surface area contributed by atoms with Gasteiger partial charge in [0.25, 0.3) is 0 Å². The Kier molecular flexibility index (Phi) is 39.2. The summed E-state index contributed by atoms with van der Waals surface area (Å²) in [5.41, 5.74) is 28.4. The number of hydrogen-bond donors (Lipinski definition) is 19. The van der Waals surface area contributed by atoms with Gasteiger partial charge in [-0.05, 0) is 135 Å². The molecule has 0 aliphatic carbocycles. The van der Waals surface area contributed by atoms with Gasteiger partial charge in [-0.1, -0.05) is 20.3 Å². The molecular weight excluding hydrogens is 1120 g/mol. The normalized spacial score (nSPS) is 14.6. The first-order chi connectivity index (χ1) is 40.0. The van der Waals surface area contributed by atoms with Gasteiger partial charge in [0, 0.05) is 19.3 Å². The maximum atomic E-state index is 14.1. The van der Waals surface area contributed by atoms with Crippen LogP contribution in [0.15, 0.2) is 0 Å². The molecular formula is C52H92N14O19. The molecule has 0 bridgehead atoms. The molecule has 0 radical (unpaired) electrons. The van der Waals surface area contributed by atoms with Crippen LogP contribution in [0.1, 0.15) is 149 Å². The molecule has 0 fully saturated rings. The Bertz CT molecular complexity index is 2230. The standard InChI is InChI=1S/C52H92N14O19/c1-28(2)26-37(50(82)61-33(15-7-11-25-56)47(79)64-36(52(84)85)18-21-41(71)72)65-43(75)29(3)58-45(77)31(13-5-9-23-54)59-48(80)34(16-19-39(67)68)62-46(78)32(14-6-10-24-55)60-49(81)35(17-20-40(69)70)63-51(83)38(27-42(73)74)66-44(76)30(57)12-4-8-22-53/h28-38H,4-27,53-57H2,1-3H3,(H,58,77)(H,59,80)(H,60,81)(H,61,82)(H,62,78)(H,63,83)(H,64,79)(H,65,75)(H,66,76)(H,67,68)(H,69,70)(H,71,72)(H,73,74)(H,84,85)/t29-,30-,31-,32-,33-,34-,35-,36-,37-,38-/m0/s1. The molecule has 33 heteroatoms. The molecule has 0 unspecified atom stereocenters. The van der Waals surface area contributed by atoms with E-state index < -0.39 is 188 Å². The largest absolute Gasteiger partial charge is 0.481 e. The van der Waals surface area contributed by atoms with Crippen molar-refractivity contribution < 1.29 is 92.7 Å². The molecule has 85 heavy (non-hydrogen) atoms. The maximum Gasteiger partial charge on any atom is 0.326 e. The first-order valence-electron chi connectivity index (χ1n) is 28.4. The summed E-state index contributed by atoms with van der Waals surface area (Å²) in [6.45, 7) is 5.50. The minimum atomic E-state index is -1.81. The van der Waals surface area contributed by atoms with Gasteiger partial charge in [-0.15, -0.1) is 0 Å². The van der Waals surface area contributed by atoms with Crippen LogP contribution in [0.4, 0.5) is 0 Å². The van der Waals surface area contributed by atoms with Crippen LogP contribution in [0.25, 0.3) is 0 Å². The number of nitrogens with one attached hydrogen (secondary N) is 9. The van der Waals surface area contributed by atoms with Gasteiger partial charge in [0.15, 0.2) is 0 Å². The Hall–Kier alpha value is -7.62. The highest BCUT2D eigenvalue weighted by Crippen LogP contribution is 2.12. The lowest BCUT2D eigenvalue weighted by Crippen LogP contribution is -2.60. The van der Waals surface area contributed by atoms with E-state index in [0.717, 1.165) is 0 Å². The minimum absolute atomic E-state index is 0.00494. The maximum absolute atomic E-state index is 14.1. The van der Waals surface area contributed by atoms with Gasteiger partial charge in [-0.2, -0.15) is 0 Å². The second-order valence-electron chi connectivity index (χ2n) is 20.8. The third-order valence-electron chi connectivity index (χ3n) is 13.0. The quantitative estimate of drug-likeness (QED) is 0.0255. The Morgan fingerprint density at radius 2 is 0.600 bits per heavy atom. The Morgan fingerprint density at radius 1 is 0.318 bits per heavy atom. The molecule has 0 aliphatic heterocycles. The number of rotatable bonds is 48. The molecule has 9 amide bonds. The summed E-state index contributed by atoms with van der Waals surface area (Å²) in [7, 11) is 0. The number of carboxylic acid groups (broad SMARTS) is 5. The summed E-state index contributed by atoms with van der Waals surface area (Å²) in [5, 5.41) is 68.9. The highest BCUT2D eigenvalue weighted by Gasteiger charge is 2.36. The molecule has 0 spiro atoms. The van der Waals surface area contributed by atoms with Crippen LogP contribution in [0.5, 0.6) is 0 Å². The predicted molar refractivity (Wildman–Crippen MR) is 303 cm³/mol. The predicted octanol–water partition coefficient (Wildman–Crippen LogP) is -4.59. The van der Waals surface area contributed by atoms with E-state index in [1.54, 1.807) is 13.8 Å². The summed E-state index contributed by atoms with van der Waals surface area (Å²) in [4.78, 5) is 182. The summed E-state index contributed by atoms with van der Waals surface area (Å²) in [6, 6.07) is -15.3. The monoisotopic (exact) mass is 1220 g/mol. The summed E-state index contributed by atoms with van der Waals surface area (Å²) < 4.78 is 0. The highest BCUT2D eigenvalue weighted by atomic mass is 16.4. The van der Waals surface area contributed by atoms with Crippen molar-refractivity contribution in [3.8, 4) is 0 Å². The SMILES string of the molecule is CC(C)C[C@H](NC(=O)[C@H](C)NC(=O)[C@H](CCCCN)NC(=O)[C@H](CCC(=O)O)NC(=O)[C@H](CCCCN)NC(=O)[C@H](CCC(=O)O)NC(=O)[C@H](CC(=O)O)NC(=O)[C@@H](N)CCCCN)C(=O)N[C@@H](CCCCN)C(=O)N[C@@H](CCC(=O)O)C(=O)O. The van der Waals surface area contributed by atoms with Crippen molar-refractivity contribution in [2.24, 2.45) is 34.6 Å². The number of nitrogens with two attached hydrogens (primary N) is 5. The lowest BCUT2D eigenvalue weighted by molar-refractivity contribution is -0.144. The van der Waals surface area contributed by atoms with Crippen molar-refractivity contribution in [1.82, 2.24) is 47.9 Å². The van der Waals surface area contributed by atoms with Crippen molar-refractivity contribution >= 4 is 83.0 Å². The average Bonchev–Trinajstić information content (AvgIpc) is 3.50. The second-order valence-corrected chi connectivity index (χ2v) is 20.8. The first-order valence-corrected chi connectivity index (χ1v) is 28.4. The summed E-state index contributed by atoms with van der Waals surface area (Å²) >= 11 is 0. The van der Waals surface area contributed by atoms with Crippen LogP contribution >= 0.6 is 0 Å². The van der Waals surface area contributed by atoms with Crippen LogP contribution in [-0.4, -0.2) is 195 Å². The first kappa shape index (κ1) is 77.4. The highest BCUT2D eigenvalue weighted by molar-refractivity contribution is 5.99. The van der Waals surface area contributed by atoms with Gasteiger partial charge in [-0.25, -0.2) is 4.79 Å². The zero-order chi connectivity index (χ0) is 64.8. The average molecular weight is 1220 g/mol. The summed E-state index contributed by atoms with van der Waals surface area (Å²) in [5.74, 6) is -16.6. The molecule has 10 atom stereocenters. The van der Waals surface area contributed by atoms with Gasteiger partial charge in [0.05, 0.1) is 12.5 Å². The zero-order valence-corrected chi connectivity index (χ0v) is 48.7. The lowest BCUT2D eigenvalue weighted by Gasteiger charge is -2.28. The smallest absolute Gasteiger partial charge is 0.326 e. The van der Waals surface area contributed by atoms with Crippen molar-refractivity contribution in [3.63, 3.8) is 0 Å². The van der Waals surface area contributed by atoms with E-state index >= 15 is 0 Å². The number of amides is 9. The number of hydrogen-bond acceptors (Lipinski definition) is 19. The Labute approximate surface area is 492 Å². The molecule has 0 aliphatic rings. The van der Waals surface area contributed by atoms with Crippen molar-refractivity contribution in [2.75, 3.05) is 26.2 Å². The van der Waals surface area contributed by atoms with Crippen LogP contribution in [-0.2, 0) is 67.1 Å². The van der Waals surface area contributed by atoms with Crippen LogP contribution in [0, 0.1) is 5.92 Å². The van der Waals surface area contributed by atoms with E-state index in [4.69, 9.17) is 33.8 Å². The molecule has 33 nitrogen and oxygen atoms in total. The van der Waals surface area contributed by atoms with E-state index in [1.807, 2.05) is 0 Å². The molecule has 0 saturated carbocycles. The zero-order valence-electron chi connectivity index (χ0n) is 48.7. The van der Waals surface area contributed by atoms with Gasteiger partial charge >= 0.3 is 29.8 Å². The number of carbonyl (C=O) groups is 14. The molecule has 24 N–H and O–H groups in total. The van der Waals surface area contributed by atoms with Gasteiger partial charge in [0.1, 0.15) is 54.4 Å². The van der Waals surface area contributed by atoms with E-state index in [1.165, 1.54) is 6.92 Å². The number of aliphatic carboxylic acids is 5. The number of carboxylic acids is 5. The second kappa shape index (κ2) is 43.1. The van der Waals surface area contributed by atoms with E-state index in [2.05, 4.69) is 47.9 Å². The fourth-order valence-corrected chi connectivity index (χ4v) is 8.20. The summed E-state index contributed by atoms with van der Waals surface area (Å²) in [6.07, 6.45) is -2.25. The number of carbonyl (C=O) groups excluding carboxylic acids is 9. The third-order valence-corrected chi connectivity index (χ3v) is 13.0. The third kappa shape index (κ3) is 34.1. The van der Waals surface area contributed by atoms with Gasteiger partial charge < -0.3 is 102 Å². The number of unbranched alkanes of at least 4 members (excludes halogenated alkanes) is 4. The molecule has 0 aromatic heterocycles. The lowest BCUT2D eigenvalue weighted by atomic mass is 10.0. The Morgan fingerprint density at radius 3 is 0.929 bits per heavy atom. The van der Waals surface area contributed by atoms with Crippen molar-refractivity contribution in [1.29, 1.82) is 0 Å². The van der Waals surface area contributed by atoms with Crippen LogP contribution in [0.3, 0.4) is 0 Å². The van der Waals surface area contributed by atoms with Crippen LogP contribution < -0.4 is 76.5 Å². The molecule has 0 rings (SSSR count). The van der Waals surface area contributed by atoms with Crippen molar-refractivity contribution in [3.05, 3.63) is 0 Å². The molecule has 0 aromatic rings. The fourth-order valence-electron chi connectivity index (χ4n) is 8.20. The van der Waals surface area contributed by atoms with Gasteiger partial charge in [-0.3, -0.25) is 62.3 Å². The molecule has 0 heterocycles. The minimum Gasteiger partial charge on any atom is -0.481 e. The topological polar surface area (TPSA) is 578 Å².